The maximum absolute atomic E-state index is 13.1. The van der Waals surface area contributed by atoms with Gasteiger partial charge in [0.2, 0.25) is 0 Å². The second-order valence-corrected chi connectivity index (χ2v) is 9.80. The molecule has 1 fully saturated rings. The third kappa shape index (κ3) is 5.53. The molecular weight excluding hydrogens is 498 g/mol. The molecule has 0 spiro atoms. The molecule has 0 saturated carbocycles. The lowest BCUT2D eigenvalue weighted by atomic mass is 10.1. The van der Waals surface area contributed by atoms with E-state index in [1.165, 1.54) is 4.90 Å². The molecule has 2 amide bonds. The average molecular weight is 526 g/mol. The van der Waals surface area contributed by atoms with E-state index in [1.807, 2.05) is 73.7 Å². The van der Waals surface area contributed by atoms with E-state index in [9.17, 15) is 9.59 Å². The third-order valence-electron chi connectivity index (χ3n) is 6.21. The minimum Gasteiger partial charge on any atom is -0.493 e. The van der Waals surface area contributed by atoms with Gasteiger partial charge in [-0.05, 0) is 64.9 Å². The van der Waals surface area contributed by atoms with Crippen molar-refractivity contribution in [3.63, 3.8) is 0 Å². The molecule has 1 saturated heterocycles. The van der Waals surface area contributed by atoms with E-state index in [4.69, 9.17) is 14.2 Å². The fourth-order valence-corrected chi connectivity index (χ4v) is 5.18. The number of nitrogens with zero attached hydrogens (tertiary/aromatic N) is 1. The largest absolute Gasteiger partial charge is 0.493 e. The maximum Gasteiger partial charge on any atom is 0.293 e. The molecule has 0 bridgehead atoms. The molecule has 4 aromatic rings. The van der Waals surface area contributed by atoms with E-state index in [2.05, 4.69) is 18.2 Å². The Balaban J connectivity index is 1.33. The number of methoxy groups -OCH3 is 1. The molecule has 38 heavy (non-hydrogen) atoms. The van der Waals surface area contributed by atoms with Crippen LogP contribution in [-0.2, 0) is 11.4 Å². The second kappa shape index (κ2) is 11.4. The SMILES string of the molecule is COc1cccc(/C=C2\SC(=O)N(CCOc3cccc(C)c3)C2=O)c1OCc1cccc2ccccc12. The smallest absolute Gasteiger partial charge is 0.293 e. The summed E-state index contributed by atoms with van der Waals surface area (Å²) in [6.07, 6.45) is 1.69. The Labute approximate surface area is 225 Å². The lowest BCUT2D eigenvalue weighted by Gasteiger charge is -2.15. The summed E-state index contributed by atoms with van der Waals surface area (Å²) in [5.74, 6) is 1.41. The van der Waals surface area contributed by atoms with Gasteiger partial charge in [0.1, 0.15) is 19.0 Å². The Morgan fingerprint density at radius 2 is 1.68 bits per heavy atom. The zero-order chi connectivity index (χ0) is 26.5. The first-order chi connectivity index (χ1) is 18.5. The summed E-state index contributed by atoms with van der Waals surface area (Å²) in [6, 6.07) is 27.4. The summed E-state index contributed by atoms with van der Waals surface area (Å²) in [7, 11) is 1.58. The molecule has 1 aliphatic heterocycles. The summed E-state index contributed by atoms with van der Waals surface area (Å²) in [5.41, 5.74) is 2.77. The van der Waals surface area contributed by atoms with Crippen LogP contribution in [0.1, 0.15) is 16.7 Å². The lowest BCUT2D eigenvalue weighted by Crippen LogP contribution is -2.32. The molecule has 6 nitrogen and oxygen atoms in total. The number of amides is 2. The number of rotatable bonds is 9. The van der Waals surface area contributed by atoms with Gasteiger partial charge in [-0.25, -0.2) is 0 Å². The Morgan fingerprint density at radius 1 is 0.895 bits per heavy atom. The quantitative estimate of drug-likeness (QED) is 0.223. The molecule has 7 heteroatoms. The predicted molar refractivity (Wildman–Crippen MR) is 151 cm³/mol. The zero-order valence-electron chi connectivity index (χ0n) is 21.2. The Morgan fingerprint density at radius 3 is 2.53 bits per heavy atom. The first-order valence-electron chi connectivity index (χ1n) is 12.2. The van der Waals surface area contributed by atoms with Crippen LogP contribution in [0.5, 0.6) is 17.2 Å². The van der Waals surface area contributed by atoms with Crippen molar-refractivity contribution in [3.05, 3.63) is 107 Å². The summed E-state index contributed by atoms with van der Waals surface area (Å²) in [4.78, 5) is 27.3. The molecule has 0 atom stereocenters. The van der Waals surface area contributed by atoms with Crippen molar-refractivity contribution < 1.29 is 23.8 Å². The maximum atomic E-state index is 13.1. The number of aryl methyl sites for hydroxylation is 1. The lowest BCUT2D eigenvalue weighted by molar-refractivity contribution is -0.123. The van der Waals surface area contributed by atoms with Gasteiger partial charge in [0.15, 0.2) is 11.5 Å². The fourth-order valence-electron chi connectivity index (χ4n) is 4.32. The number of fused-ring (bicyclic) bond motifs is 1. The Bertz CT molecular complexity index is 1520. The molecule has 1 aliphatic rings. The van der Waals surface area contributed by atoms with Crippen LogP contribution in [0, 0.1) is 6.92 Å². The van der Waals surface area contributed by atoms with Gasteiger partial charge < -0.3 is 14.2 Å². The van der Waals surface area contributed by atoms with Gasteiger partial charge in [0.05, 0.1) is 18.6 Å². The van der Waals surface area contributed by atoms with Gasteiger partial charge in [-0.1, -0.05) is 66.7 Å². The minimum atomic E-state index is -0.351. The number of hydrogen-bond donors (Lipinski definition) is 0. The van der Waals surface area contributed by atoms with E-state index < -0.39 is 0 Å². The number of thioether (sulfide) groups is 1. The highest BCUT2D eigenvalue weighted by molar-refractivity contribution is 8.18. The van der Waals surface area contributed by atoms with E-state index in [0.29, 0.717) is 34.3 Å². The molecule has 0 N–H and O–H groups in total. The van der Waals surface area contributed by atoms with Crippen molar-refractivity contribution in [2.45, 2.75) is 13.5 Å². The van der Waals surface area contributed by atoms with Crippen LogP contribution in [0.25, 0.3) is 16.8 Å². The molecule has 0 aromatic heterocycles. The molecule has 1 heterocycles. The van der Waals surface area contributed by atoms with E-state index in [0.717, 1.165) is 33.7 Å². The third-order valence-corrected chi connectivity index (χ3v) is 7.12. The van der Waals surface area contributed by atoms with Crippen molar-refractivity contribution in [2.75, 3.05) is 20.3 Å². The monoisotopic (exact) mass is 525 g/mol. The number of carbonyl (C=O) groups excluding carboxylic acids is 2. The minimum absolute atomic E-state index is 0.165. The summed E-state index contributed by atoms with van der Waals surface area (Å²) < 4.78 is 17.6. The number of hydrogen-bond acceptors (Lipinski definition) is 6. The van der Waals surface area contributed by atoms with Gasteiger partial charge in [-0.2, -0.15) is 0 Å². The second-order valence-electron chi connectivity index (χ2n) is 8.80. The Kier molecular flexibility index (Phi) is 7.65. The summed E-state index contributed by atoms with van der Waals surface area (Å²) in [5, 5.41) is 1.92. The first kappa shape index (κ1) is 25.4. The fraction of sp³-hybridized carbons (Fsp3) is 0.161. The Hall–Kier alpha value is -4.23. The highest BCUT2D eigenvalue weighted by atomic mass is 32.2. The van der Waals surface area contributed by atoms with Crippen LogP contribution in [0.4, 0.5) is 4.79 Å². The average Bonchev–Trinajstić information content (AvgIpc) is 3.19. The normalized spacial score (nSPS) is 14.4. The van der Waals surface area contributed by atoms with Crippen LogP contribution < -0.4 is 14.2 Å². The van der Waals surface area contributed by atoms with E-state index in [1.54, 1.807) is 13.2 Å². The standard InChI is InChI=1S/C31H27NO5S/c1-21-8-5-13-25(18-21)36-17-16-32-30(33)28(38-31(32)34)19-23-11-7-15-27(35-2)29(23)37-20-24-12-6-10-22-9-3-4-14-26(22)24/h3-15,18-19H,16-17,20H2,1-2H3/b28-19-. The highest BCUT2D eigenvalue weighted by Crippen LogP contribution is 2.38. The molecular formula is C31H27NO5S. The molecule has 0 aliphatic carbocycles. The van der Waals surface area contributed by atoms with Gasteiger partial charge in [-0.3, -0.25) is 14.5 Å². The number of carbonyl (C=O) groups is 2. The number of para-hydroxylation sites is 1. The van der Waals surface area contributed by atoms with Crippen molar-refractivity contribution >= 4 is 39.8 Å². The molecule has 5 rings (SSSR count). The van der Waals surface area contributed by atoms with Gasteiger partial charge in [-0.15, -0.1) is 0 Å². The molecule has 4 aromatic carbocycles. The van der Waals surface area contributed by atoms with Gasteiger partial charge >= 0.3 is 0 Å². The van der Waals surface area contributed by atoms with Gasteiger partial charge in [0.25, 0.3) is 11.1 Å². The number of ether oxygens (including phenoxy) is 3. The number of benzene rings is 4. The van der Waals surface area contributed by atoms with Gasteiger partial charge in [0, 0.05) is 5.56 Å². The van der Waals surface area contributed by atoms with Crippen molar-refractivity contribution in [1.29, 1.82) is 0 Å². The van der Waals surface area contributed by atoms with Crippen LogP contribution >= 0.6 is 11.8 Å². The van der Waals surface area contributed by atoms with Crippen LogP contribution in [0.15, 0.2) is 89.8 Å². The van der Waals surface area contributed by atoms with Crippen LogP contribution in [0.3, 0.4) is 0 Å². The van der Waals surface area contributed by atoms with Crippen molar-refractivity contribution in [3.8, 4) is 17.2 Å². The summed E-state index contributed by atoms with van der Waals surface area (Å²) >= 11 is 0.910. The predicted octanol–water partition coefficient (Wildman–Crippen LogP) is 6.85. The highest BCUT2D eigenvalue weighted by Gasteiger charge is 2.35. The topological polar surface area (TPSA) is 65.1 Å². The molecule has 0 radical (unpaired) electrons. The molecule has 0 unspecified atom stereocenters. The first-order valence-corrected chi connectivity index (χ1v) is 13.1. The van der Waals surface area contributed by atoms with Crippen LogP contribution in [-0.4, -0.2) is 36.3 Å². The van der Waals surface area contributed by atoms with E-state index >= 15 is 0 Å². The number of imide groups is 1. The van der Waals surface area contributed by atoms with E-state index in [-0.39, 0.29) is 24.3 Å². The van der Waals surface area contributed by atoms with Crippen molar-refractivity contribution in [2.24, 2.45) is 0 Å². The molecule has 192 valence electrons. The summed E-state index contributed by atoms with van der Waals surface area (Å²) in [6.45, 7) is 2.68. The zero-order valence-corrected chi connectivity index (χ0v) is 22.0. The van der Waals surface area contributed by atoms with Crippen LogP contribution in [0.2, 0.25) is 0 Å². The van der Waals surface area contributed by atoms with Crippen molar-refractivity contribution in [1.82, 2.24) is 4.90 Å².